The van der Waals surface area contributed by atoms with E-state index in [1.54, 1.807) is 0 Å². The first kappa shape index (κ1) is 20.3. The first-order valence-electron chi connectivity index (χ1n) is 10.0. The summed E-state index contributed by atoms with van der Waals surface area (Å²) in [7, 11) is -3.41. The lowest BCUT2D eigenvalue weighted by Gasteiger charge is -2.36. The zero-order valence-electron chi connectivity index (χ0n) is 16.1. The number of benzene rings is 1. The molecular weight excluding hydrogens is 362 g/mol. The first-order chi connectivity index (χ1) is 13.0. The summed E-state index contributed by atoms with van der Waals surface area (Å²) in [6.45, 7) is 5.44. The van der Waals surface area contributed by atoms with E-state index in [2.05, 4.69) is 12.2 Å². The van der Waals surface area contributed by atoms with Crippen LogP contribution in [0.5, 0.6) is 0 Å². The van der Waals surface area contributed by atoms with Gasteiger partial charge in [0.2, 0.25) is 15.9 Å². The van der Waals surface area contributed by atoms with Crippen LogP contribution in [0, 0.1) is 5.92 Å². The molecule has 0 saturated carbocycles. The van der Waals surface area contributed by atoms with Crippen molar-refractivity contribution in [2.75, 3.05) is 32.7 Å². The Morgan fingerprint density at radius 3 is 2.70 bits per heavy atom. The van der Waals surface area contributed by atoms with Crippen LogP contribution >= 0.6 is 0 Å². The molecule has 3 rings (SSSR count). The number of amides is 1. The van der Waals surface area contributed by atoms with Crippen LogP contribution in [0.15, 0.2) is 30.3 Å². The lowest BCUT2D eigenvalue weighted by atomic mass is 9.97. The molecule has 150 valence electrons. The summed E-state index contributed by atoms with van der Waals surface area (Å²) >= 11 is 0. The lowest BCUT2D eigenvalue weighted by Crippen LogP contribution is -2.50. The Balaban J connectivity index is 1.68. The van der Waals surface area contributed by atoms with Crippen LogP contribution in [-0.2, 0) is 20.6 Å². The van der Waals surface area contributed by atoms with E-state index in [9.17, 15) is 13.2 Å². The molecule has 1 aromatic carbocycles. The Morgan fingerprint density at radius 1 is 1.26 bits per heavy atom. The lowest BCUT2D eigenvalue weighted by molar-refractivity contribution is -0.138. The van der Waals surface area contributed by atoms with Crippen molar-refractivity contribution in [2.45, 2.75) is 44.4 Å². The Labute approximate surface area is 163 Å². The zero-order valence-corrected chi connectivity index (χ0v) is 17.0. The van der Waals surface area contributed by atoms with Gasteiger partial charge < -0.3 is 10.2 Å². The molecule has 1 aromatic rings. The molecule has 6 nitrogen and oxygen atoms in total. The SMILES string of the molecule is CCCN(C(=O)C1CCCN(S(=O)(=O)Cc2ccccc2)C1)C1CCNC1. The number of hydrogen-bond donors (Lipinski definition) is 1. The van der Waals surface area contributed by atoms with Crippen molar-refractivity contribution in [1.82, 2.24) is 14.5 Å². The van der Waals surface area contributed by atoms with Gasteiger partial charge in [-0.05, 0) is 37.8 Å². The molecule has 2 aliphatic rings. The molecule has 7 heteroatoms. The summed E-state index contributed by atoms with van der Waals surface area (Å²) in [5, 5.41) is 3.33. The van der Waals surface area contributed by atoms with Crippen molar-refractivity contribution >= 4 is 15.9 Å². The summed E-state index contributed by atoms with van der Waals surface area (Å²) < 4.78 is 27.3. The number of nitrogens with one attached hydrogen (secondary N) is 1. The standard InChI is InChI=1S/C20H31N3O3S/c1-2-12-23(19-10-11-21-14-19)20(24)18-9-6-13-22(15-18)27(25,26)16-17-7-4-3-5-8-17/h3-5,7-8,18-19,21H,2,6,9-16H2,1H3. The predicted molar refractivity (Wildman–Crippen MR) is 107 cm³/mol. The van der Waals surface area contributed by atoms with E-state index in [-0.39, 0.29) is 23.6 Å². The molecule has 1 N–H and O–H groups in total. The molecule has 2 aliphatic heterocycles. The maximum Gasteiger partial charge on any atom is 0.227 e. The summed E-state index contributed by atoms with van der Waals surface area (Å²) in [6, 6.07) is 9.50. The molecule has 0 radical (unpaired) electrons. The van der Waals surface area contributed by atoms with Gasteiger partial charge in [-0.3, -0.25) is 4.79 Å². The highest BCUT2D eigenvalue weighted by Crippen LogP contribution is 2.25. The molecular formula is C20H31N3O3S. The number of piperidine rings is 1. The summed E-state index contributed by atoms with van der Waals surface area (Å²) in [4.78, 5) is 15.2. The average molecular weight is 394 g/mol. The van der Waals surface area contributed by atoms with Gasteiger partial charge in [0.05, 0.1) is 11.7 Å². The van der Waals surface area contributed by atoms with Gasteiger partial charge in [0.1, 0.15) is 0 Å². The Bertz CT molecular complexity index is 717. The van der Waals surface area contributed by atoms with Crippen LogP contribution in [0.4, 0.5) is 0 Å². The van der Waals surface area contributed by atoms with E-state index < -0.39 is 10.0 Å². The zero-order chi connectivity index (χ0) is 19.3. The second kappa shape index (κ2) is 9.17. The largest absolute Gasteiger partial charge is 0.338 e. The maximum atomic E-state index is 13.2. The van der Waals surface area contributed by atoms with Crippen molar-refractivity contribution in [2.24, 2.45) is 5.92 Å². The van der Waals surface area contributed by atoms with Crippen molar-refractivity contribution in [3.05, 3.63) is 35.9 Å². The van der Waals surface area contributed by atoms with Crippen molar-refractivity contribution in [3.8, 4) is 0 Å². The monoisotopic (exact) mass is 393 g/mol. The molecule has 0 aromatic heterocycles. The van der Waals surface area contributed by atoms with Gasteiger partial charge in [-0.25, -0.2) is 12.7 Å². The van der Waals surface area contributed by atoms with Crippen LogP contribution in [0.1, 0.15) is 38.2 Å². The van der Waals surface area contributed by atoms with E-state index in [4.69, 9.17) is 0 Å². The third-order valence-corrected chi connectivity index (χ3v) is 7.36. The highest BCUT2D eigenvalue weighted by molar-refractivity contribution is 7.88. The van der Waals surface area contributed by atoms with Gasteiger partial charge in [0, 0.05) is 32.2 Å². The van der Waals surface area contributed by atoms with Gasteiger partial charge >= 0.3 is 0 Å². The summed E-state index contributed by atoms with van der Waals surface area (Å²) in [5.41, 5.74) is 0.788. The first-order valence-corrected chi connectivity index (χ1v) is 11.6. The number of carbonyl (C=O) groups excluding carboxylic acids is 1. The van der Waals surface area contributed by atoms with Gasteiger partial charge in [0.25, 0.3) is 0 Å². The summed E-state index contributed by atoms with van der Waals surface area (Å²) in [6.07, 6.45) is 3.42. The van der Waals surface area contributed by atoms with E-state index in [0.29, 0.717) is 13.1 Å². The van der Waals surface area contributed by atoms with Crippen molar-refractivity contribution in [1.29, 1.82) is 0 Å². The van der Waals surface area contributed by atoms with E-state index in [1.807, 2.05) is 35.2 Å². The van der Waals surface area contributed by atoms with Gasteiger partial charge in [0.15, 0.2) is 0 Å². The van der Waals surface area contributed by atoms with Crippen LogP contribution in [-0.4, -0.2) is 62.3 Å². The number of nitrogens with zero attached hydrogens (tertiary/aromatic N) is 2. The van der Waals surface area contributed by atoms with E-state index in [0.717, 1.165) is 50.9 Å². The fourth-order valence-corrected chi connectivity index (χ4v) is 5.74. The van der Waals surface area contributed by atoms with Crippen LogP contribution in [0.25, 0.3) is 0 Å². The molecule has 2 fully saturated rings. The van der Waals surface area contributed by atoms with Crippen LogP contribution < -0.4 is 5.32 Å². The van der Waals surface area contributed by atoms with Gasteiger partial charge in [-0.15, -0.1) is 0 Å². The summed E-state index contributed by atoms with van der Waals surface area (Å²) in [5.74, 6) is -0.0958. The number of rotatable bonds is 7. The second-order valence-corrected chi connectivity index (χ2v) is 9.59. The molecule has 2 unspecified atom stereocenters. The molecule has 2 saturated heterocycles. The topological polar surface area (TPSA) is 69.7 Å². The van der Waals surface area contributed by atoms with E-state index in [1.165, 1.54) is 4.31 Å². The Hall–Kier alpha value is -1.44. The normalized spacial score (nSPS) is 24.0. The molecule has 0 aliphatic carbocycles. The van der Waals surface area contributed by atoms with Gasteiger partial charge in [-0.1, -0.05) is 37.3 Å². The third kappa shape index (κ3) is 5.09. The average Bonchev–Trinajstić information content (AvgIpc) is 3.20. The minimum absolute atomic E-state index is 0.0000300. The second-order valence-electron chi connectivity index (χ2n) is 7.62. The minimum Gasteiger partial charge on any atom is -0.338 e. The smallest absolute Gasteiger partial charge is 0.227 e. The van der Waals surface area contributed by atoms with Crippen LogP contribution in [0.3, 0.4) is 0 Å². The highest BCUT2D eigenvalue weighted by Gasteiger charge is 2.36. The van der Waals surface area contributed by atoms with E-state index >= 15 is 0 Å². The fraction of sp³-hybridized carbons (Fsp3) is 0.650. The maximum absolute atomic E-state index is 13.2. The molecule has 1 amide bonds. The third-order valence-electron chi connectivity index (χ3n) is 5.54. The molecule has 27 heavy (non-hydrogen) atoms. The van der Waals surface area contributed by atoms with Gasteiger partial charge in [-0.2, -0.15) is 0 Å². The van der Waals surface area contributed by atoms with Crippen molar-refractivity contribution in [3.63, 3.8) is 0 Å². The molecule has 2 atom stereocenters. The molecule has 0 spiro atoms. The highest BCUT2D eigenvalue weighted by atomic mass is 32.2. The molecule has 2 heterocycles. The molecule has 0 bridgehead atoms. The fourth-order valence-electron chi connectivity index (χ4n) is 4.13. The van der Waals surface area contributed by atoms with Crippen LogP contribution in [0.2, 0.25) is 0 Å². The number of sulfonamides is 1. The quantitative estimate of drug-likeness (QED) is 0.767. The Morgan fingerprint density at radius 2 is 2.04 bits per heavy atom. The number of carbonyl (C=O) groups is 1. The minimum atomic E-state index is -3.41. The Kier molecular flexibility index (Phi) is 6.89. The number of hydrogen-bond acceptors (Lipinski definition) is 4. The van der Waals surface area contributed by atoms with Crippen molar-refractivity contribution < 1.29 is 13.2 Å². The predicted octanol–water partition coefficient (Wildman–Crippen LogP) is 1.83.